The highest BCUT2D eigenvalue weighted by molar-refractivity contribution is 9.09. The second-order valence-corrected chi connectivity index (χ2v) is 6.14. The van der Waals surface area contributed by atoms with Crippen molar-refractivity contribution in [3.8, 4) is 0 Å². The molecule has 0 heterocycles. The molecule has 0 spiro atoms. The van der Waals surface area contributed by atoms with Gasteiger partial charge in [-0.05, 0) is 49.4 Å². The third kappa shape index (κ3) is 3.46. The van der Waals surface area contributed by atoms with E-state index in [9.17, 15) is 4.79 Å². The average Bonchev–Trinajstić information content (AvgIpc) is 3.09. The van der Waals surface area contributed by atoms with E-state index in [4.69, 9.17) is 11.6 Å². The quantitative estimate of drug-likeness (QED) is 0.846. The van der Waals surface area contributed by atoms with Crippen molar-refractivity contribution in [1.82, 2.24) is 5.32 Å². The van der Waals surface area contributed by atoms with Crippen molar-refractivity contribution in [1.29, 1.82) is 0 Å². The number of carbonyl (C=O) groups excluding carboxylic acids is 1. The highest BCUT2D eigenvalue weighted by Gasteiger charge is 2.29. The minimum absolute atomic E-state index is 0.0238. The largest absolute Gasteiger partial charge is 0.351 e. The van der Waals surface area contributed by atoms with Gasteiger partial charge in [-0.25, -0.2) is 0 Å². The number of hydrogen-bond donors (Lipinski definition) is 1. The lowest BCUT2D eigenvalue weighted by molar-refractivity contribution is 0.0953. The lowest BCUT2D eigenvalue weighted by Crippen LogP contribution is -2.30. The zero-order valence-electron chi connectivity index (χ0n) is 9.67. The second-order valence-electron chi connectivity index (χ2n) is 4.52. The minimum atomic E-state index is -0.0238. The van der Waals surface area contributed by atoms with Crippen molar-refractivity contribution >= 4 is 33.4 Å². The van der Waals surface area contributed by atoms with Crippen molar-refractivity contribution in [2.24, 2.45) is 5.92 Å². The van der Waals surface area contributed by atoms with Crippen molar-refractivity contribution < 1.29 is 4.79 Å². The van der Waals surface area contributed by atoms with Gasteiger partial charge in [-0.1, -0.05) is 27.5 Å². The van der Waals surface area contributed by atoms with Gasteiger partial charge in [0.05, 0.1) is 0 Å². The van der Waals surface area contributed by atoms with E-state index >= 15 is 0 Å². The van der Waals surface area contributed by atoms with Crippen molar-refractivity contribution in [3.05, 3.63) is 34.3 Å². The fourth-order valence-corrected chi connectivity index (χ4v) is 2.71. The van der Waals surface area contributed by atoms with Gasteiger partial charge in [-0.15, -0.1) is 0 Å². The van der Waals surface area contributed by atoms with Gasteiger partial charge in [0.1, 0.15) is 0 Å². The molecule has 0 aliphatic heterocycles. The number of alkyl halides is 1. The van der Waals surface area contributed by atoms with E-state index in [0.717, 1.165) is 11.5 Å². The number of carbonyl (C=O) groups is 1. The molecule has 2 rings (SSSR count). The number of rotatable bonds is 4. The number of hydrogen-bond acceptors (Lipinski definition) is 1. The van der Waals surface area contributed by atoms with Gasteiger partial charge in [0.25, 0.3) is 5.91 Å². The lowest BCUT2D eigenvalue weighted by atomic mass is 10.1. The van der Waals surface area contributed by atoms with Gasteiger partial charge >= 0.3 is 0 Å². The molecule has 1 unspecified atom stereocenters. The monoisotopic (exact) mass is 315 g/mol. The van der Waals surface area contributed by atoms with E-state index in [1.807, 2.05) is 13.0 Å². The molecule has 1 saturated carbocycles. The Hall–Kier alpha value is -0.540. The predicted molar refractivity (Wildman–Crippen MR) is 74.0 cm³/mol. The fraction of sp³-hybridized carbons (Fsp3) is 0.462. The van der Waals surface area contributed by atoms with Gasteiger partial charge in [0.15, 0.2) is 0 Å². The first-order valence-electron chi connectivity index (χ1n) is 5.76. The molecule has 17 heavy (non-hydrogen) atoms. The first-order chi connectivity index (χ1) is 8.08. The van der Waals surface area contributed by atoms with Gasteiger partial charge in [0.2, 0.25) is 0 Å². The van der Waals surface area contributed by atoms with Crippen LogP contribution < -0.4 is 5.32 Å². The highest BCUT2D eigenvalue weighted by atomic mass is 79.9. The molecule has 0 bridgehead atoms. The summed E-state index contributed by atoms with van der Waals surface area (Å²) in [5, 5.41) is 3.61. The van der Waals surface area contributed by atoms with Crippen LogP contribution in [0.3, 0.4) is 0 Å². The Morgan fingerprint density at radius 3 is 2.88 bits per heavy atom. The Kier molecular flexibility index (Phi) is 4.10. The summed E-state index contributed by atoms with van der Waals surface area (Å²) in [6.45, 7) is 2.58. The topological polar surface area (TPSA) is 29.1 Å². The van der Waals surface area contributed by atoms with Crippen LogP contribution in [-0.2, 0) is 0 Å². The van der Waals surface area contributed by atoms with Crippen LogP contribution in [0.25, 0.3) is 0 Å². The molecule has 0 radical (unpaired) electrons. The molecule has 1 atom stereocenters. The Bertz CT molecular complexity index is 431. The van der Waals surface area contributed by atoms with Crippen LogP contribution in [0.4, 0.5) is 0 Å². The number of benzene rings is 1. The minimum Gasteiger partial charge on any atom is -0.351 e. The number of amides is 1. The summed E-state index contributed by atoms with van der Waals surface area (Å²) in [6.07, 6.45) is 2.54. The van der Waals surface area contributed by atoms with E-state index in [0.29, 0.717) is 22.0 Å². The molecular weight excluding hydrogens is 302 g/mol. The molecule has 1 aromatic carbocycles. The van der Waals surface area contributed by atoms with Crippen LogP contribution in [0.2, 0.25) is 5.02 Å². The molecule has 1 aliphatic rings. The first kappa shape index (κ1) is 12.9. The van der Waals surface area contributed by atoms with Gasteiger partial charge in [-0.2, -0.15) is 0 Å². The molecule has 1 aromatic rings. The molecule has 1 aliphatic carbocycles. The molecular formula is C13H15BrClNO. The summed E-state index contributed by atoms with van der Waals surface area (Å²) in [7, 11) is 0. The van der Waals surface area contributed by atoms with Crippen LogP contribution in [0, 0.1) is 12.8 Å². The van der Waals surface area contributed by atoms with Crippen LogP contribution in [-0.4, -0.2) is 17.3 Å². The normalized spacial score (nSPS) is 16.6. The van der Waals surface area contributed by atoms with Crippen LogP contribution in [0.1, 0.15) is 28.8 Å². The molecule has 0 saturated heterocycles. The second kappa shape index (κ2) is 5.40. The van der Waals surface area contributed by atoms with E-state index in [1.54, 1.807) is 12.1 Å². The molecule has 1 fully saturated rings. The lowest BCUT2D eigenvalue weighted by Gasteiger charge is -2.11. The Morgan fingerprint density at radius 1 is 1.59 bits per heavy atom. The Morgan fingerprint density at radius 2 is 2.29 bits per heavy atom. The first-order valence-corrected chi connectivity index (χ1v) is 7.05. The third-order valence-corrected chi connectivity index (χ3v) is 4.33. The SMILES string of the molecule is Cc1cc(Cl)ccc1C(=O)NCC(Br)C1CC1. The molecule has 2 nitrogen and oxygen atoms in total. The molecule has 1 N–H and O–H groups in total. The van der Waals surface area contributed by atoms with E-state index < -0.39 is 0 Å². The summed E-state index contributed by atoms with van der Waals surface area (Å²) in [5.41, 5.74) is 1.61. The predicted octanol–water partition coefficient (Wildman–Crippen LogP) is 3.55. The van der Waals surface area contributed by atoms with E-state index in [1.165, 1.54) is 12.8 Å². The van der Waals surface area contributed by atoms with E-state index in [-0.39, 0.29) is 5.91 Å². The van der Waals surface area contributed by atoms with Crippen LogP contribution in [0.15, 0.2) is 18.2 Å². The summed E-state index contributed by atoms with van der Waals surface area (Å²) >= 11 is 9.46. The van der Waals surface area contributed by atoms with E-state index in [2.05, 4.69) is 21.2 Å². The number of halogens is 2. The summed E-state index contributed by atoms with van der Waals surface area (Å²) < 4.78 is 0. The maximum absolute atomic E-state index is 11.9. The summed E-state index contributed by atoms with van der Waals surface area (Å²) in [4.78, 5) is 12.4. The van der Waals surface area contributed by atoms with Gasteiger partial charge in [-0.3, -0.25) is 4.79 Å². The van der Waals surface area contributed by atoms with Crippen molar-refractivity contribution in [3.63, 3.8) is 0 Å². The smallest absolute Gasteiger partial charge is 0.251 e. The zero-order valence-corrected chi connectivity index (χ0v) is 12.0. The third-order valence-electron chi connectivity index (χ3n) is 3.02. The molecule has 4 heteroatoms. The summed E-state index contributed by atoms with van der Waals surface area (Å²) in [6, 6.07) is 5.33. The average molecular weight is 317 g/mol. The van der Waals surface area contributed by atoms with Gasteiger partial charge in [0, 0.05) is 22.0 Å². The zero-order chi connectivity index (χ0) is 12.4. The molecule has 0 aromatic heterocycles. The number of aryl methyl sites for hydroxylation is 1. The van der Waals surface area contributed by atoms with Crippen LogP contribution >= 0.6 is 27.5 Å². The summed E-state index contributed by atoms with van der Waals surface area (Å²) in [5.74, 6) is 0.714. The van der Waals surface area contributed by atoms with Crippen molar-refractivity contribution in [2.75, 3.05) is 6.54 Å². The Labute approximate surface area is 115 Å². The molecule has 92 valence electrons. The fourth-order valence-electron chi connectivity index (χ4n) is 1.79. The maximum atomic E-state index is 11.9. The van der Waals surface area contributed by atoms with Gasteiger partial charge < -0.3 is 5.32 Å². The molecule has 1 amide bonds. The standard InChI is InChI=1S/C13H15BrClNO/c1-8-6-10(15)4-5-11(8)13(17)16-7-12(14)9-2-3-9/h4-6,9,12H,2-3,7H2,1H3,(H,16,17). The highest BCUT2D eigenvalue weighted by Crippen LogP contribution is 2.36. The van der Waals surface area contributed by atoms with Crippen LogP contribution in [0.5, 0.6) is 0 Å². The maximum Gasteiger partial charge on any atom is 0.251 e. The van der Waals surface area contributed by atoms with Crippen molar-refractivity contribution in [2.45, 2.75) is 24.6 Å². The number of nitrogens with one attached hydrogen (secondary N) is 1. The Balaban J connectivity index is 1.94.